The molecule has 0 bridgehead atoms. The molecule has 0 saturated carbocycles. The lowest BCUT2D eigenvalue weighted by molar-refractivity contribution is 0.195. The second kappa shape index (κ2) is 5.50. The molecule has 2 aromatic heterocycles. The minimum absolute atomic E-state index is 0.0482. The van der Waals surface area contributed by atoms with Crippen LogP contribution in [0, 0.1) is 0 Å². The van der Waals surface area contributed by atoms with E-state index in [0.717, 1.165) is 18.7 Å². The van der Waals surface area contributed by atoms with E-state index >= 15 is 0 Å². The van der Waals surface area contributed by atoms with Gasteiger partial charge in [0.2, 0.25) is 0 Å². The topological polar surface area (TPSA) is 50.4 Å². The van der Waals surface area contributed by atoms with E-state index in [2.05, 4.69) is 41.3 Å². The Morgan fingerprint density at radius 1 is 1.26 bits per heavy atom. The molecule has 0 atom stereocenters. The molecule has 5 nitrogen and oxygen atoms in total. The summed E-state index contributed by atoms with van der Waals surface area (Å²) in [5, 5.41) is 4.24. The van der Waals surface area contributed by atoms with Crippen molar-refractivity contribution in [3.05, 3.63) is 59.7 Å². The van der Waals surface area contributed by atoms with Crippen molar-refractivity contribution in [3.63, 3.8) is 0 Å². The summed E-state index contributed by atoms with van der Waals surface area (Å²) in [6.45, 7) is 1.77. The molecule has 0 spiro atoms. The minimum atomic E-state index is -0.0482. The van der Waals surface area contributed by atoms with Crippen LogP contribution >= 0.6 is 0 Å². The van der Waals surface area contributed by atoms with Crippen LogP contribution in [0.4, 0.5) is 4.79 Å². The average Bonchev–Trinajstić information content (AvgIpc) is 3.13. The molecule has 118 valence electrons. The van der Waals surface area contributed by atoms with Gasteiger partial charge in [0.05, 0.1) is 12.8 Å². The summed E-state index contributed by atoms with van der Waals surface area (Å²) in [5.74, 6) is 0.763. The number of hydrogen-bond donors (Lipinski definition) is 1. The smallest absolute Gasteiger partial charge is 0.318 e. The van der Waals surface area contributed by atoms with Crippen molar-refractivity contribution in [1.82, 2.24) is 14.8 Å². The molecule has 3 aromatic rings. The molecular formula is C18H19N3O2. The Kier molecular flexibility index (Phi) is 3.33. The van der Waals surface area contributed by atoms with Gasteiger partial charge in [0.15, 0.2) is 0 Å². The molecule has 1 aliphatic rings. The summed E-state index contributed by atoms with van der Waals surface area (Å²) in [5.41, 5.74) is 3.76. The molecule has 23 heavy (non-hydrogen) atoms. The maximum Gasteiger partial charge on any atom is 0.318 e. The highest BCUT2D eigenvalue weighted by atomic mass is 16.3. The number of urea groups is 1. The largest absolute Gasteiger partial charge is 0.467 e. The van der Waals surface area contributed by atoms with Crippen LogP contribution < -0.4 is 5.32 Å². The molecule has 0 saturated heterocycles. The van der Waals surface area contributed by atoms with Crippen LogP contribution in [-0.2, 0) is 26.6 Å². The van der Waals surface area contributed by atoms with E-state index < -0.39 is 0 Å². The predicted molar refractivity (Wildman–Crippen MR) is 88.0 cm³/mol. The SMILES string of the molecule is Cn1cc2c3c(cccc31)CN(C(=O)NCc1ccco1)CC2. The molecule has 0 unspecified atom stereocenters. The molecule has 1 aromatic carbocycles. The number of amides is 2. The van der Waals surface area contributed by atoms with E-state index in [0.29, 0.717) is 13.1 Å². The fourth-order valence-electron chi connectivity index (χ4n) is 3.34. The summed E-state index contributed by atoms with van der Waals surface area (Å²) in [4.78, 5) is 14.3. The first-order valence-corrected chi connectivity index (χ1v) is 7.83. The number of carbonyl (C=O) groups is 1. The number of rotatable bonds is 2. The third-order valence-electron chi connectivity index (χ3n) is 4.47. The van der Waals surface area contributed by atoms with Crippen LogP contribution in [0.1, 0.15) is 16.9 Å². The average molecular weight is 309 g/mol. The molecule has 0 aliphatic carbocycles. The zero-order valence-electron chi connectivity index (χ0n) is 13.1. The molecule has 1 N–H and O–H groups in total. The van der Waals surface area contributed by atoms with Crippen molar-refractivity contribution >= 4 is 16.9 Å². The molecule has 1 aliphatic heterocycles. The van der Waals surface area contributed by atoms with Gasteiger partial charge in [-0.3, -0.25) is 0 Å². The molecule has 5 heteroatoms. The second-order valence-electron chi connectivity index (χ2n) is 5.99. The molecular weight excluding hydrogens is 290 g/mol. The highest BCUT2D eigenvalue weighted by Crippen LogP contribution is 2.28. The van der Waals surface area contributed by atoms with Crippen LogP contribution in [0.3, 0.4) is 0 Å². The van der Waals surface area contributed by atoms with Crippen molar-refractivity contribution in [2.45, 2.75) is 19.5 Å². The summed E-state index contributed by atoms with van der Waals surface area (Å²) >= 11 is 0. The highest BCUT2D eigenvalue weighted by molar-refractivity contribution is 5.88. The maximum atomic E-state index is 12.5. The van der Waals surface area contributed by atoms with Crippen molar-refractivity contribution in [2.24, 2.45) is 7.05 Å². The first-order valence-electron chi connectivity index (χ1n) is 7.83. The van der Waals surface area contributed by atoms with Gasteiger partial charge in [-0.1, -0.05) is 12.1 Å². The Balaban J connectivity index is 1.55. The number of aryl methyl sites for hydroxylation is 1. The van der Waals surface area contributed by atoms with E-state index in [-0.39, 0.29) is 6.03 Å². The minimum Gasteiger partial charge on any atom is -0.467 e. The third-order valence-corrected chi connectivity index (χ3v) is 4.47. The van der Waals surface area contributed by atoms with Crippen LogP contribution in [-0.4, -0.2) is 22.0 Å². The van der Waals surface area contributed by atoms with Gasteiger partial charge in [-0.25, -0.2) is 4.79 Å². The predicted octanol–water partition coefficient (Wildman–Crippen LogP) is 3.04. The zero-order valence-corrected chi connectivity index (χ0v) is 13.1. The van der Waals surface area contributed by atoms with Gasteiger partial charge in [-0.2, -0.15) is 0 Å². The highest BCUT2D eigenvalue weighted by Gasteiger charge is 2.21. The zero-order chi connectivity index (χ0) is 15.8. The second-order valence-corrected chi connectivity index (χ2v) is 5.99. The molecule has 3 heterocycles. The van der Waals surface area contributed by atoms with Crippen molar-refractivity contribution < 1.29 is 9.21 Å². The fourth-order valence-corrected chi connectivity index (χ4v) is 3.34. The summed E-state index contributed by atoms with van der Waals surface area (Å²) < 4.78 is 7.43. The number of nitrogens with zero attached hydrogens (tertiary/aromatic N) is 2. The van der Waals surface area contributed by atoms with Gasteiger partial charge >= 0.3 is 6.03 Å². The van der Waals surface area contributed by atoms with Gasteiger partial charge in [0.25, 0.3) is 0 Å². The van der Waals surface area contributed by atoms with Gasteiger partial charge < -0.3 is 19.2 Å². The first kappa shape index (κ1) is 13.9. The Labute approximate surface area is 134 Å². The number of carbonyl (C=O) groups excluding carboxylic acids is 1. The standard InChI is InChI=1S/C18H19N3O2/c1-20-11-14-7-8-21(12-13-4-2-6-16(20)17(13)14)18(22)19-10-15-5-3-9-23-15/h2-6,9,11H,7-8,10,12H2,1H3,(H,19,22). The fraction of sp³-hybridized carbons (Fsp3) is 0.278. The summed E-state index contributed by atoms with van der Waals surface area (Å²) in [6, 6.07) is 9.95. The van der Waals surface area contributed by atoms with Crippen LogP contribution in [0.25, 0.3) is 10.9 Å². The van der Waals surface area contributed by atoms with Crippen molar-refractivity contribution in [3.8, 4) is 0 Å². The first-order chi connectivity index (χ1) is 11.2. The van der Waals surface area contributed by atoms with Crippen LogP contribution in [0.15, 0.2) is 47.2 Å². The Morgan fingerprint density at radius 3 is 3.00 bits per heavy atom. The monoisotopic (exact) mass is 309 g/mol. The van der Waals surface area contributed by atoms with E-state index in [9.17, 15) is 4.79 Å². The quantitative estimate of drug-likeness (QED) is 0.791. The van der Waals surface area contributed by atoms with Crippen molar-refractivity contribution in [1.29, 1.82) is 0 Å². The lowest BCUT2D eigenvalue weighted by Crippen LogP contribution is -2.39. The van der Waals surface area contributed by atoms with Crippen LogP contribution in [0.5, 0.6) is 0 Å². The maximum absolute atomic E-state index is 12.5. The molecule has 4 rings (SSSR count). The number of aromatic nitrogens is 1. The number of benzene rings is 1. The summed E-state index contributed by atoms with van der Waals surface area (Å²) in [7, 11) is 2.07. The van der Waals surface area contributed by atoms with Gasteiger partial charge in [0, 0.05) is 37.2 Å². The Bertz CT molecular complexity index is 849. The van der Waals surface area contributed by atoms with Gasteiger partial charge in [0.1, 0.15) is 5.76 Å². The van der Waals surface area contributed by atoms with E-state index in [1.54, 1.807) is 6.26 Å². The normalized spacial score (nSPS) is 14.0. The number of hydrogen-bond acceptors (Lipinski definition) is 2. The van der Waals surface area contributed by atoms with Gasteiger partial charge in [-0.15, -0.1) is 0 Å². The summed E-state index contributed by atoms with van der Waals surface area (Å²) in [6.07, 6.45) is 4.67. The van der Waals surface area contributed by atoms with E-state index in [4.69, 9.17) is 4.42 Å². The Hall–Kier alpha value is -2.69. The number of furan rings is 1. The molecule has 2 amide bonds. The van der Waals surface area contributed by atoms with Crippen LogP contribution in [0.2, 0.25) is 0 Å². The molecule has 0 radical (unpaired) electrons. The third kappa shape index (κ3) is 2.48. The van der Waals surface area contributed by atoms with Gasteiger partial charge in [-0.05, 0) is 35.7 Å². The van der Waals surface area contributed by atoms with Crippen molar-refractivity contribution in [2.75, 3.05) is 6.54 Å². The lowest BCUT2D eigenvalue weighted by atomic mass is 10.1. The molecule has 0 fully saturated rings. The number of nitrogens with one attached hydrogen (secondary N) is 1. The van der Waals surface area contributed by atoms with E-state index in [1.807, 2.05) is 17.0 Å². The lowest BCUT2D eigenvalue weighted by Gasteiger charge is -2.21. The Morgan fingerprint density at radius 2 is 2.17 bits per heavy atom. The van der Waals surface area contributed by atoms with E-state index in [1.165, 1.54) is 22.0 Å².